The Labute approximate surface area is 167 Å². The highest BCUT2D eigenvalue weighted by atomic mass is 19.4. The zero-order valence-electron chi connectivity index (χ0n) is 15.5. The standard InChI is InChI=1S/C20H18F7NO2/c21-16-3-1-13(2-4-16)17-18(30-8-6-28-17)29-7-5-12-9-14(19(22,23)24)11-15(10-12)20(25,26)27/h1-4,9-11,17-18,28H,5-8H2/t17-,18-/m1/s1. The fourth-order valence-electron chi connectivity index (χ4n) is 3.13. The van der Waals surface area contributed by atoms with Gasteiger partial charge in [-0.1, -0.05) is 12.1 Å². The molecule has 3 nitrogen and oxygen atoms in total. The molecule has 164 valence electrons. The van der Waals surface area contributed by atoms with Gasteiger partial charge in [-0.25, -0.2) is 4.39 Å². The summed E-state index contributed by atoms with van der Waals surface area (Å²) in [6.45, 7) is 0.650. The number of hydrogen-bond donors (Lipinski definition) is 1. The zero-order chi connectivity index (χ0) is 21.9. The van der Waals surface area contributed by atoms with E-state index in [2.05, 4.69) is 5.32 Å². The quantitative estimate of drug-likeness (QED) is 0.660. The predicted octanol–water partition coefficient (Wildman–Crippen LogP) is 5.11. The maximum atomic E-state index is 13.1. The number of rotatable bonds is 5. The van der Waals surface area contributed by atoms with E-state index < -0.39 is 41.6 Å². The van der Waals surface area contributed by atoms with Gasteiger partial charge >= 0.3 is 12.4 Å². The van der Waals surface area contributed by atoms with Gasteiger partial charge in [-0.2, -0.15) is 26.3 Å². The van der Waals surface area contributed by atoms with Crippen molar-refractivity contribution < 1.29 is 40.2 Å². The van der Waals surface area contributed by atoms with Crippen LogP contribution in [-0.2, 0) is 28.2 Å². The lowest BCUT2D eigenvalue weighted by Gasteiger charge is -2.33. The Morgan fingerprint density at radius 2 is 1.53 bits per heavy atom. The van der Waals surface area contributed by atoms with E-state index in [-0.39, 0.29) is 24.7 Å². The van der Waals surface area contributed by atoms with Gasteiger partial charge in [0, 0.05) is 6.54 Å². The van der Waals surface area contributed by atoms with Crippen LogP contribution >= 0.6 is 0 Å². The largest absolute Gasteiger partial charge is 0.416 e. The van der Waals surface area contributed by atoms with Gasteiger partial charge in [-0.05, 0) is 47.9 Å². The van der Waals surface area contributed by atoms with Crippen molar-refractivity contribution in [3.63, 3.8) is 0 Å². The van der Waals surface area contributed by atoms with Crippen LogP contribution in [0.1, 0.15) is 28.3 Å². The zero-order valence-corrected chi connectivity index (χ0v) is 15.5. The molecule has 3 rings (SSSR count). The molecule has 0 radical (unpaired) electrons. The molecule has 10 heteroatoms. The summed E-state index contributed by atoms with van der Waals surface area (Å²) in [6.07, 6.45) is -10.8. The van der Waals surface area contributed by atoms with Gasteiger partial charge in [0.05, 0.1) is 30.4 Å². The lowest BCUT2D eigenvalue weighted by molar-refractivity contribution is -0.177. The van der Waals surface area contributed by atoms with E-state index in [0.29, 0.717) is 30.8 Å². The maximum Gasteiger partial charge on any atom is 0.416 e. The van der Waals surface area contributed by atoms with Gasteiger partial charge in [0.2, 0.25) is 0 Å². The third kappa shape index (κ3) is 5.71. The molecule has 30 heavy (non-hydrogen) atoms. The van der Waals surface area contributed by atoms with E-state index >= 15 is 0 Å². The van der Waals surface area contributed by atoms with Gasteiger partial charge < -0.3 is 14.8 Å². The molecule has 0 aliphatic carbocycles. The summed E-state index contributed by atoms with van der Waals surface area (Å²) in [5.41, 5.74) is -2.21. The highest BCUT2D eigenvalue weighted by molar-refractivity contribution is 5.33. The van der Waals surface area contributed by atoms with Crippen molar-refractivity contribution in [3.05, 3.63) is 70.5 Å². The van der Waals surface area contributed by atoms with E-state index in [1.54, 1.807) is 12.1 Å². The van der Waals surface area contributed by atoms with Crippen molar-refractivity contribution in [2.45, 2.75) is 31.1 Å². The lowest BCUT2D eigenvalue weighted by atomic mass is 10.0. The molecule has 1 fully saturated rings. The van der Waals surface area contributed by atoms with Crippen LogP contribution in [0.2, 0.25) is 0 Å². The van der Waals surface area contributed by atoms with E-state index in [1.165, 1.54) is 12.1 Å². The first-order valence-corrected chi connectivity index (χ1v) is 9.04. The molecule has 0 amide bonds. The van der Waals surface area contributed by atoms with Crippen molar-refractivity contribution in [1.82, 2.24) is 5.32 Å². The summed E-state index contributed by atoms with van der Waals surface area (Å²) in [7, 11) is 0. The predicted molar refractivity (Wildman–Crippen MR) is 93.0 cm³/mol. The Morgan fingerprint density at radius 3 is 2.10 bits per heavy atom. The fraction of sp³-hybridized carbons (Fsp3) is 0.400. The average molecular weight is 437 g/mol. The van der Waals surface area contributed by atoms with Crippen LogP contribution in [0.4, 0.5) is 30.7 Å². The summed E-state index contributed by atoms with van der Waals surface area (Å²) in [4.78, 5) is 0. The van der Waals surface area contributed by atoms with Crippen molar-refractivity contribution in [2.24, 2.45) is 0 Å². The average Bonchev–Trinajstić information content (AvgIpc) is 2.67. The van der Waals surface area contributed by atoms with Crippen LogP contribution in [0.15, 0.2) is 42.5 Å². The van der Waals surface area contributed by atoms with Crippen molar-refractivity contribution in [2.75, 3.05) is 19.8 Å². The Hall–Kier alpha value is -2.17. The molecule has 0 unspecified atom stereocenters. The second-order valence-corrected chi connectivity index (χ2v) is 6.76. The molecule has 1 aliphatic heterocycles. The molecular weight excluding hydrogens is 419 g/mol. The Bertz CT molecular complexity index is 817. The molecule has 2 aromatic carbocycles. The topological polar surface area (TPSA) is 30.5 Å². The number of benzene rings is 2. The van der Waals surface area contributed by atoms with Gasteiger partial charge in [-0.3, -0.25) is 0 Å². The van der Waals surface area contributed by atoms with Crippen molar-refractivity contribution in [3.8, 4) is 0 Å². The SMILES string of the molecule is Fc1ccc([C@H]2NCCO[C@H]2OCCc2cc(C(F)(F)F)cc(C(F)(F)F)c2)cc1. The number of halogens is 7. The number of ether oxygens (including phenoxy) is 2. The summed E-state index contributed by atoms with van der Waals surface area (Å²) in [6, 6.07) is 6.61. The Morgan fingerprint density at radius 1 is 0.933 bits per heavy atom. The third-order valence-corrected chi connectivity index (χ3v) is 4.57. The normalized spacial score (nSPS) is 20.4. The lowest BCUT2D eigenvalue weighted by Crippen LogP contribution is -2.43. The van der Waals surface area contributed by atoms with Crippen LogP contribution in [0, 0.1) is 5.82 Å². The first kappa shape index (κ1) is 22.5. The Balaban J connectivity index is 1.70. The molecule has 0 aromatic heterocycles. The summed E-state index contributed by atoms with van der Waals surface area (Å²) in [5, 5.41) is 3.14. The van der Waals surface area contributed by atoms with Crippen LogP contribution in [0.5, 0.6) is 0 Å². The van der Waals surface area contributed by atoms with E-state index in [1.807, 2.05) is 0 Å². The molecule has 1 N–H and O–H groups in total. The smallest absolute Gasteiger partial charge is 0.350 e. The molecule has 0 bridgehead atoms. The highest BCUT2D eigenvalue weighted by Crippen LogP contribution is 2.36. The van der Waals surface area contributed by atoms with Gasteiger partial charge in [0.25, 0.3) is 0 Å². The highest BCUT2D eigenvalue weighted by Gasteiger charge is 2.37. The summed E-state index contributed by atoms with van der Waals surface area (Å²) in [5.74, 6) is -0.419. The van der Waals surface area contributed by atoms with E-state index in [9.17, 15) is 30.7 Å². The van der Waals surface area contributed by atoms with Crippen LogP contribution in [0.3, 0.4) is 0 Å². The number of nitrogens with one attached hydrogen (secondary N) is 1. The minimum absolute atomic E-state index is 0.0864. The van der Waals surface area contributed by atoms with Crippen molar-refractivity contribution in [1.29, 1.82) is 0 Å². The second kappa shape index (κ2) is 8.91. The monoisotopic (exact) mass is 437 g/mol. The summed E-state index contributed by atoms with van der Waals surface area (Å²) < 4.78 is 102. The van der Waals surface area contributed by atoms with Gasteiger partial charge in [-0.15, -0.1) is 0 Å². The number of hydrogen-bond acceptors (Lipinski definition) is 3. The molecular formula is C20H18F7NO2. The van der Waals surface area contributed by atoms with Crippen LogP contribution < -0.4 is 5.32 Å². The minimum Gasteiger partial charge on any atom is -0.350 e. The van der Waals surface area contributed by atoms with Crippen LogP contribution in [0.25, 0.3) is 0 Å². The van der Waals surface area contributed by atoms with E-state index in [4.69, 9.17) is 9.47 Å². The first-order chi connectivity index (χ1) is 14.0. The maximum absolute atomic E-state index is 13.1. The number of morpholine rings is 1. The second-order valence-electron chi connectivity index (χ2n) is 6.76. The Kier molecular flexibility index (Phi) is 6.68. The van der Waals surface area contributed by atoms with Crippen molar-refractivity contribution >= 4 is 0 Å². The molecule has 1 saturated heterocycles. The molecule has 1 heterocycles. The molecule has 2 aromatic rings. The fourth-order valence-corrected chi connectivity index (χ4v) is 3.13. The van der Waals surface area contributed by atoms with Gasteiger partial charge in [0.15, 0.2) is 6.29 Å². The van der Waals surface area contributed by atoms with Gasteiger partial charge in [0.1, 0.15) is 5.82 Å². The molecule has 1 aliphatic rings. The molecule has 0 saturated carbocycles. The van der Waals surface area contributed by atoms with E-state index in [0.717, 1.165) is 0 Å². The molecule has 2 atom stereocenters. The molecule has 0 spiro atoms. The minimum atomic E-state index is -4.90. The first-order valence-electron chi connectivity index (χ1n) is 9.04. The van der Waals surface area contributed by atoms with Crippen LogP contribution in [-0.4, -0.2) is 26.0 Å². The number of alkyl halides is 6. The third-order valence-electron chi connectivity index (χ3n) is 4.57. The summed E-state index contributed by atoms with van der Waals surface area (Å²) >= 11 is 0.